The molecule has 0 radical (unpaired) electrons. The van der Waals surface area contributed by atoms with Crippen LogP contribution in [0.2, 0.25) is 5.02 Å². The van der Waals surface area contributed by atoms with Crippen molar-refractivity contribution in [1.82, 2.24) is 0 Å². The molecule has 7 heteroatoms. The number of hydrogen-bond donors (Lipinski definition) is 1. The monoisotopic (exact) mass is 406 g/mol. The smallest absolute Gasteiger partial charge is 0.293 e. The van der Waals surface area contributed by atoms with Crippen LogP contribution in [0, 0.1) is 19.5 Å². The second-order valence-electron chi connectivity index (χ2n) is 4.02. The lowest BCUT2D eigenvalue weighted by Crippen LogP contribution is -2.04. The summed E-state index contributed by atoms with van der Waals surface area (Å²) in [4.78, 5) is 10.4. The number of nitro benzene ring substituents is 1. The Morgan fingerprint density at radius 3 is 2.55 bits per heavy atom. The Morgan fingerprint density at radius 1 is 1.30 bits per heavy atom. The zero-order chi connectivity index (χ0) is 14.7. The molecule has 0 spiro atoms. The SMILES string of the molecule is O=[N+]([O-])c1cc(I)c(F)cc1NCc1ccc(Cl)cc1. The molecule has 104 valence electrons. The van der Waals surface area contributed by atoms with Gasteiger partial charge in [-0.25, -0.2) is 4.39 Å². The lowest BCUT2D eigenvalue weighted by molar-refractivity contribution is -0.384. The number of nitro groups is 1. The van der Waals surface area contributed by atoms with Crippen molar-refractivity contribution in [2.24, 2.45) is 0 Å². The molecule has 0 bridgehead atoms. The van der Waals surface area contributed by atoms with Crippen LogP contribution in [-0.4, -0.2) is 4.92 Å². The molecule has 0 aromatic heterocycles. The summed E-state index contributed by atoms with van der Waals surface area (Å²) in [6.45, 7) is 0.345. The van der Waals surface area contributed by atoms with Crippen LogP contribution >= 0.6 is 34.2 Å². The molecular weight excluding hydrogens is 398 g/mol. The molecule has 2 rings (SSSR count). The van der Waals surface area contributed by atoms with E-state index in [-0.39, 0.29) is 14.9 Å². The van der Waals surface area contributed by atoms with Gasteiger partial charge in [-0.3, -0.25) is 10.1 Å². The summed E-state index contributed by atoms with van der Waals surface area (Å²) >= 11 is 7.50. The van der Waals surface area contributed by atoms with Crippen LogP contribution in [0.3, 0.4) is 0 Å². The highest BCUT2D eigenvalue weighted by molar-refractivity contribution is 14.1. The first kappa shape index (κ1) is 15.0. The number of anilines is 1. The van der Waals surface area contributed by atoms with Gasteiger partial charge in [-0.1, -0.05) is 23.7 Å². The van der Waals surface area contributed by atoms with Gasteiger partial charge in [-0.05, 0) is 40.3 Å². The van der Waals surface area contributed by atoms with Crippen LogP contribution in [0.15, 0.2) is 36.4 Å². The molecule has 20 heavy (non-hydrogen) atoms. The van der Waals surface area contributed by atoms with Crippen LogP contribution in [0.5, 0.6) is 0 Å². The van der Waals surface area contributed by atoms with E-state index >= 15 is 0 Å². The van der Waals surface area contributed by atoms with E-state index in [1.54, 1.807) is 46.9 Å². The van der Waals surface area contributed by atoms with Crippen LogP contribution in [-0.2, 0) is 6.54 Å². The third-order valence-corrected chi connectivity index (χ3v) is 3.71. The van der Waals surface area contributed by atoms with Gasteiger partial charge in [0.1, 0.15) is 11.5 Å². The maximum atomic E-state index is 13.5. The minimum absolute atomic E-state index is 0.148. The van der Waals surface area contributed by atoms with Crippen LogP contribution < -0.4 is 5.32 Å². The van der Waals surface area contributed by atoms with Crippen LogP contribution in [0.4, 0.5) is 15.8 Å². The molecule has 1 N–H and O–H groups in total. The maximum Gasteiger partial charge on any atom is 0.293 e. The number of halogens is 3. The quantitative estimate of drug-likeness (QED) is 0.458. The van der Waals surface area contributed by atoms with Gasteiger partial charge in [0.15, 0.2) is 0 Å². The Bertz CT molecular complexity index is 650. The first-order valence-corrected chi connectivity index (χ1v) is 7.05. The van der Waals surface area contributed by atoms with E-state index in [1.165, 1.54) is 6.07 Å². The first-order valence-electron chi connectivity index (χ1n) is 5.59. The summed E-state index contributed by atoms with van der Waals surface area (Å²) in [6, 6.07) is 9.38. The van der Waals surface area contributed by atoms with Crippen molar-refractivity contribution in [2.75, 3.05) is 5.32 Å². The number of nitrogens with zero attached hydrogens (tertiary/aromatic N) is 1. The van der Waals surface area contributed by atoms with E-state index in [9.17, 15) is 14.5 Å². The number of nitrogens with one attached hydrogen (secondary N) is 1. The molecule has 0 saturated carbocycles. The van der Waals surface area contributed by atoms with Crippen LogP contribution in [0.1, 0.15) is 5.56 Å². The lowest BCUT2D eigenvalue weighted by atomic mass is 10.2. The molecule has 0 aliphatic rings. The second-order valence-corrected chi connectivity index (χ2v) is 5.62. The highest BCUT2D eigenvalue weighted by Gasteiger charge is 2.17. The number of benzene rings is 2. The number of rotatable bonds is 4. The lowest BCUT2D eigenvalue weighted by Gasteiger charge is -2.08. The van der Waals surface area contributed by atoms with Gasteiger partial charge in [0.05, 0.1) is 8.49 Å². The van der Waals surface area contributed by atoms with Crippen molar-refractivity contribution < 1.29 is 9.31 Å². The molecule has 0 saturated heterocycles. The fourth-order valence-electron chi connectivity index (χ4n) is 1.63. The Morgan fingerprint density at radius 2 is 1.95 bits per heavy atom. The van der Waals surface area contributed by atoms with Gasteiger partial charge in [0.25, 0.3) is 5.69 Å². The molecule has 0 aliphatic heterocycles. The Hall–Kier alpha value is -1.41. The van der Waals surface area contributed by atoms with E-state index in [4.69, 9.17) is 11.6 Å². The fourth-order valence-corrected chi connectivity index (χ4v) is 2.21. The minimum Gasteiger partial charge on any atom is -0.375 e. The first-order chi connectivity index (χ1) is 9.47. The molecule has 0 amide bonds. The molecule has 0 atom stereocenters. The summed E-state index contributed by atoms with van der Waals surface area (Å²) in [5, 5.41) is 14.4. The molecular formula is C13H9ClFIN2O2. The van der Waals surface area contributed by atoms with E-state index in [0.717, 1.165) is 11.6 Å². The fraction of sp³-hybridized carbons (Fsp3) is 0.0769. The number of hydrogen-bond acceptors (Lipinski definition) is 3. The van der Waals surface area contributed by atoms with Crippen molar-refractivity contribution in [3.63, 3.8) is 0 Å². The van der Waals surface area contributed by atoms with Crippen molar-refractivity contribution in [3.8, 4) is 0 Å². The molecule has 2 aromatic carbocycles. The average Bonchev–Trinajstić information content (AvgIpc) is 2.41. The largest absolute Gasteiger partial charge is 0.375 e. The van der Waals surface area contributed by atoms with Gasteiger partial charge >= 0.3 is 0 Å². The molecule has 0 aliphatic carbocycles. The zero-order valence-electron chi connectivity index (χ0n) is 10.1. The van der Waals surface area contributed by atoms with Gasteiger partial charge < -0.3 is 5.32 Å². The minimum atomic E-state index is -0.536. The Kier molecular flexibility index (Phi) is 4.77. The zero-order valence-corrected chi connectivity index (χ0v) is 13.0. The average molecular weight is 407 g/mol. The van der Waals surface area contributed by atoms with E-state index < -0.39 is 10.7 Å². The molecule has 4 nitrogen and oxygen atoms in total. The highest BCUT2D eigenvalue weighted by atomic mass is 127. The Labute approximate surface area is 133 Å². The van der Waals surface area contributed by atoms with Crippen molar-refractivity contribution >= 4 is 45.6 Å². The van der Waals surface area contributed by atoms with E-state index in [2.05, 4.69) is 5.32 Å². The maximum absolute atomic E-state index is 13.5. The summed E-state index contributed by atoms with van der Waals surface area (Å²) in [5.41, 5.74) is 0.898. The standard InChI is InChI=1S/C13H9ClFIN2O2/c14-9-3-1-8(2-4-9)7-17-12-5-10(15)11(16)6-13(12)18(19)20/h1-6,17H,7H2. The molecule has 0 unspecified atom stereocenters. The third kappa shape index (κ3) is 3.57. The summed E-state index contributed by atoms with van der Waals surface area (Å²) < 4.78 is 13.7. The van der Waals surface area contributed by atoms with E-state index in [0.29, 0.717) is 11.6 Å². The van der Waals surface area contributed by atoms with Gasteiger partial charge in [-0.2, -0.15) is 0 Å². The predicted molar refractivity (Wildman–Crippen MR) is 84.6 cm³/mol. The molecule has 2 aromatic rings. The predicted octanol–water partition coefficient (Wildman–Crippen LogP) is 4.60. The Balaban J connectivity index is 2.22. The molecule has 0 fully saturated rings. The molecule has 0 heterocycles. The summed E-state index contributed by atoms with van der Waals surface area (Å²) in [5.74, 6) is -0.491. The normalized spacial score (nSPS) is 10.3. The summed E-state index contributed by atoms with van der Waals surface area (Å²) in [7, 11) is 0. The van der Waals surface area contributed by atoms with Crippen molar-refractivity contribution in [2.45, 2.75) is 6.54 Å². The van der Waals surface area contributed by atoms with Gasteiger partial charge in [0, 0.05) is 23.7 Å². The highest BCUT2D eigenvalue weighted by Crippen LogP contribution is 2.29. The van der Waals surface area contributed by atoms with Gasteiger partial charge in [-0.15, -0.1) is 0 Å². The topological polar surface area (TPSA) is 55.2 Å². The van der Waals surface area contributed by atoms with Gasteiger partial charge in [0.2, 0.25) is 0 Å². The third-order valence-electron chi connectivity index (χ3n) is 2.63. The second kappa shape index (κ2) is 6.36. The van der Waals surface area contributed by atoms with Crippen molar-refractivity contribution in [1.29, 1.82) is 0 Å². The summed E-state index contributed by atoms with van der Waals surface area (Å²) in [6.07, 6.45) is 0. The van der Waals surface area contributed by atoms with Crippen LogP contribution in [0.25, 0.3) is 0 Å². The van der Waals surface area contributed by atoms with Crippen molar-refractivity contribution in [3.05, 3.63) is 66.5 Å². The van der Waals surface area contributed by atoms with E-state index in [1.807, 2.05) is 0 Å².